The minimum atomic E-state index is -2.12. The number of nitrogen functional groups attached to an aromatic ring is 2. The van der Waals surface area contributed by atoms with Gasteiger partial charge in [0.05, 0.1) is 18.7 Å². The third-order valence-electron chi connectivity index (χ3n) is 5.90. The Morgan fingerprint density at radius 2 is 1.93 bits per heavy atom. The van der Waals surface area contributed by atoms with Gasteiger partial charge in [-0.15, -0.1) is 5.10 Å². The molecule has 14 nitrogen and oxygen atoms in total. The van der Waals surface area contributed by atoms with Crippen LogP contribution < -0.4 is 21.1 Å². The molecule has 0 fully saturated rings. The summed E-state index contributed by atoms with van der Waals surface area (Å²) >= 11 is 8.71. The summed E-state index contributed by atoms with van der Waals surface area (Å²) in [7, 11) is -2.12. The number of hydrogen-bond acceptors (Lipinski definition) is 13. The van der Waals surface area contributed by atoms with Gasteiger partial charge in [0.2, 0.25) is 5.95 Å². The smallest absolute Gasteiger partial charge is 0.334 e. The molecule has 2 aromatic heterocycles. The highest BCUT2D eigenvalue weighted by atomic mass is 79.9. The van der Waals surface area contributed by atoms with Crippen molar-refractivity contribution in [3.05, 3.63) is 47.7 Å². The zero-order chi connectivity index (χ0) is 31.5. The second-order valence-electron chi connectivity index (χ2n) is 8.90. The second kappa shape index (κ2) is 17.3. The van der Waals surface area contributed by atoms with Crippen molar-refractivity contribution in [1.82, 2.24) is 19.7 Å². The van der Waals surface area contributed by atoms with Crippen LogP contribution >= 0.6 is 57.0 Å². The third-order valence-corrected chi connectivity index (χ3v) is 8.52. The van der Waals surface area contributed by atoms with Gasteiger partial charge in [0.1, 0.15) is 42.3 Å². The van der Waals surface area contributed by atoms with E-state index in [0.29, 0.717) is 22.5 Å². The fourth-order valence-corrected chi connectivity index (χ4v) is 5.88. The van der Waals surface area contributed by atoms with Gasteiger partial charge in [0, 0.05) is 5.33 Å². The fourth-order valence-electron chi connectivity index (χ4n) is 3.71. The van der Waals surface area contributed by atoms with Gasteiger partial charge in [-0.05, 0) is 37.1 Å². The summed E-state index contributed by atoms with van der Waals surface area (Å²) in [5, 5.41) is 17.8. The van der Waals surface area contributed by atoms with Crippen molar-refractivity contribution in [2.45, 2.75) is 44.1 Å². The number of halogens is 4. The number of ether oxygens (including phenoxy) is 1. The van der Waals surface area contributed by atoms with Crippen LogP contribution in [0.3, 0.4) is 0 Å². The summed E-state index contributed by atoms with van der Waals surface area (Å²) in [6.45, 7) is 0.0286. The summed E-state index contributed by atoms with van der Waals surface area (Å²) in [6, 6.07) is 9.37. The first-order chi connectivity index (χ1) is 20.6. The maximum atomic E-state index is 13.8. The van der Waals surface area contributed by atoms with Crippen molar-refractivity contribution in [2.24, 2.45) is 0 Å². The lowest BCUT2D eigenvalue weighted by atomic mass is 10.1. The van der Waals surface area contributed by atoms with Crippen LogP contribution in [0.5, 0.6) is 5.75 Å². The number of nitrogens with zero attached hydrogens (tertiary/aromatic N) is 3. The van der Waals surface area contributed by atoms with Crippen LogP contribution in [-0.4, -0.2) is 68.5 Å². The Kier molecular flexibility index (Phi) is 14.2. The lowest BCUT2D eigenvalue weighted by molar-refractivity contribution is -0.134. The standard InChI is InChI=1S/C24H29Br3FN6O8P/c1-13(23(37)41-27)33-43(42-18-5-3-2-4-14(18)6-9-21(36)40-26)38-12-20(17(35)11-28)39-19(10-25)15-7-8-16-22(29)31-24(30)32-34(15)16/h2-5,7-8,13,17,19-20,33,35H,6,9-12H2,1H3,(H4,29,30,31,32). The van der Waals surface area contributed by atoms with Crippen LogP contribution in [0, 0.1) is 0 Å². The van der Waals surface area contributed by atoms with Gasteiger partial charge in [0.15, 0.2) is 38.3 Å². The molecule has 2 heterocycles. The highest BCUT2D eigenvalue weighted by molar-refractivity contribution is 9.09. The Bertz CT molecular complexity index is 1380. The van der Waals surface area contributed by atoms with Crippen molar-refractivity contribution < 1.29 is 40.5 Å². The predicted octanol–water partition coefficient (Wildman–Crippen LogP) is 3.98. The molecule has 0 bridgehead atoms. The van der Waals surface area contributed by atoms with Crippen molar-refractivity contribution in [2.75, 3.05) is 30.1 Å². The molecule has 0 spiro atoms. The normalized spacial score (nSPS) is 14.9. The van der Waals surface area contributed by atoms with Crippen LogP contribution in [0.2, 0.25) is 0 Å². The Morgan fingerprint density at radius 1 is 1.19 bits per heavy atom. The molecule has 6 N–H and O–H groups in total. The van der Waals surface area contributed by atoms with E-state index in [1.807, 2.05) is 0 Å². The number of nitrogens with two attached hydrogens (primary N) is 2. The van der Waals surface area contributed by atoms with Crippen molar-refractivity contribution in [3.8, 4) is 5.75 Å². The van der Waals surface area contributed by atoms with Crippen LogP contribution in [-0.2, 0) is 32.9 Å². The van der Waals surface area contributed by atoms with Gasteiger partial charge in [0.25, 0.3) is 0 Å². The zero-order valence-electron chi connectivity index (χ0n) is 22.6. The Hall–Kier alpha value is -2.18. The molecule has 0 radical (unpaired) electrons. The van der Waals surface area contributed by atoms with Gasteiger partial charge in [-0.2, -0.15) is 4.98 Å². The van der Waals surface area contributed by atoms with Crippen molar-refractivity contribution in [3.63, 3.8) is 0 Å². The number of hydrogen-bond donors (Lipinski definition) is 4. The number of anilines is 2. The molecule has 5 unspecified atom stereocenters. The molecule has 3 aromatic rings. The molecule has 19 heteroatoms. The van der Waals surface area contributed by atoms with E-state index in [0.717, 1.165) is 0 Å². The largest absolute Gasteiger partial charge is 0.436 e. The zero-order valence-corrected chi connectivity index (χ0v) is 28.2. The quantitative estimate of drug-likeness (QED) is 0.113. The molecule has 0 saturated carbocycles. The van der Waals surface area contributed by atoms with E-state index >= 15 is 0 Å². The molecule has 0 aliphatic rings. The first kappa shape index (κ1) is 35.3. The molecular weight excluding hydrogens is 790 g/mol. The van der Waals surface area contributed by atoms with E-state index in [1.165, 1.54) is 11.4 Å². The first-order valence-electron chi connectivity index (χ1n) is 12.6. The van der Waals surface area contributed by atoms with Crippen LogP contribution in [0.1, 0.15) is 30.7 Å². The van der Waals surface area contributed by atoms with Crippen molar-refractivity contribution in [1.29, 1.82) is 0 Å². The number of carbonyl (C=O) groups is 2. The minimum absolute atomic E-state index is 0.0613. The molecule has 0 aliphatic heterocycles. The Balaban J connectivity index is 1.83. The van der Waals surface area contributed by atoms with Gasteiger partial charge in [-0.25, -0.2) is 18.8 Å². The summed E-state index contributed by atoms with van der Waals surface area (Å²) < 4.78 is 42.5. The van der Waals surface area contributed by atoms with Gasteiger partial charge in [-0.3, -0.25) is 4.79 Å². The molecule has 0 saturated heterocycles. The summed E-state index contributed by atoms with van der Waals surface area (Å²) in [6.07, 6.45) is -3.20. The average Bonchev–Trinajstić information content (AvgIpc) is 3.43. The van der Waals surface area contributed by atoms with E-state index < -0.39 is 51.5 Å². The number of benzene rings is 1. The number of carbonyl (C=O) groups excluding carboxylic acids is 2. The predicted molar refractivity (Wildman–Crippen MR) is 166 cm³/mol. The number of nitrogens with one attached hydrogen (secondary N) is 1. The van der Waals surface area contributed by atoms with Crippen molar-refractivity contribution >= 4 is 86.2 Å². The molecular formula is C24H29Br3FN6O8P. The maximum absolute atomic E-state index is 13.8. The highest BCUT2D eigenvalue weighted by Crippen LogP contribution is 2.39. The average molecular weight is 819 g/mol. The monoisotopic (exact) mass is 816 g/mol. The number of alkyl halides is 2. The van der Waals surface area contributed by atoms with E-state index in [1.54, 1.807) is 36.4 Å². The van der Waals surface area contributed by atoms with Gasteiger partial charge in [-0.1, -0.05) is 34.1 Å². The maximum Gasteiger partial charge on any atom is 0.334 e. The Morgan fingerprint density at radius 3 is 2.60 bits per heavy atom. The second-order valence-corrected chi connectivity index (χ2v) is 11.4. The first-order valence-corrected chi connectivity index (χ1v) is 16.2. The van der Waals surface area contributed by atoms with E-state index in [4.69, 9.17) is 25.3 Å². The summed E-state index contributed by atoms with van der Waals surface area (Å²) in [5.41, 5.74) is 13.4. The number of rotatable bonds is 17. The lowest BCUT2D eigenvalue weighted by Crippen LogP contribution is -2.38. The van der Waals surface area contributed by atoms with E-state index in [-0.39, 0.29) is 36.5 Å². The fraction of sp³-hybridized carbons (Fsp3) is 0.417. The van der Waals surface area contributed by atoms with Crippen LogP contribution in [0.15, 0.2) is 36.4 Å². The molecule has 43 heavy (non-hydrogen) atoms. The molecule has 1 aromatic carbocycles. The number of aliphatic hydroxyl groups is 1. The minimum Gasteiger partial charge on any atom is -0.436 e. The van der Waals surface area contributed by atoms with Gasteiger partial charge >= 0.3 is 20.5 Å². The lowest BCUT2D eigenvalue weighted by Gasteiger charge is -2.28. The van der Waals surface area contributed by atoms with Gasteiger partial charge < -0.3 is 38.0 Å². The molecule has 0 amide bonds. The molecule has 236 valence electrons. The molecule has 5 atom stereocenters. The van der Waals surface area contributed by atoms with E-state index in [9.17, 15) is 19.1 Å². The van der Waals surface area contributed by atoms with Crippen LogP contribution in [0.4, 0.5) is 16.2 Å². The summed E-state index contributed by atoms with van der Waals surface area (Å²) in [4.78, 5) is 27.7. The molecule has 3 rings (SSSR count). The number of aromatic nitrogens is 3. The van der Waals surface area contributed by atoms with E-state index in [2.05, 4.69) is 71.3 Å². The van der Waals surface area contributed by atoms with Crippen LogP contribution in [0.25, 0.3) is 5.52 Å². The topological polar surface area (TPSA) is 195 Å². The number of para-hydroxylation sites is 1. The summed E-state index contributed by atoms with van der Waals surface area (Å²) in [5.74, 6) is -0.683. The number of aliphatic hydroxyl groups excluding tert-OH is 1. The molecule has 0 aliphatic carbocycles. The number of fused-ring (bicyclic) bond motifs is 1. The highest BCUT2D eigenvalue weighted by Gasteiger charge is 2.30. The SMILES string of the molecule is CC(NP(OCC(OC(CBr)c1ccc2c(N)nc(N)nn12)C(O)CF)Oc1ccccc1CCC(=O)OBr)C(=O)OBr. The third kappa shape index (κ3) is 9.91. The number of aryl methyl sites for hydroxylation is 1. The Labute approximate surface area is 272 Å².